The Balaban J connectivity index is 1.78. The molecule has 0 bridgehead atoms. The lowest BCUT2D eigenvalue weighted by Crippen LogP contribution is -2.33. The van der Waals surface area contributed by atoms with Gasteiger partial charge in [-0.1, -0.05) is 0 Å². The fourth-order valence-corrected chi connectivity index (χ4v) is 3.57. The van der Waals surface area contributed by atoms with Crippen molar-refractivity contribution < 1.29 is 19.1 Å². The number of ether oxygens (including phenoxy) is 2. The van der Waals surface area contributed by atoms with Crippen LogP contribution in [0.1, 0.15) is 19.4 Å². The number of fused-ring (bicyclic) bond motifs is 1. The van der Waals surface area contributed by atoms with Crippen LogP contribution in [-0.4, -0.2) is 45.2 Å². The molecule has 1 unspecified atom stereocenters. The maximum absolute atomic E-state index is 12.5. The van der Waals surface area contributed by atoms with Crippen molar-refractivity contribution in [1.29, 1.82) is 0 Å². The summed E-state index contributed by atoms with van der Waals surface area (Å²) in [5, 5.41) is 6.23. The molecular formula is C23H28N4O4. The van der Waals surface area contributed by atoms with Crippen molar-refractivity contribution in [3.8, 4) is 11.5 Å². The van der Waals surface area contributed by atoms with Gasteiger partial charge in [-0.05, 0) is 43.3 Å². The first kappa shape index (κ1) is 22.2. The number of nitrogens with two attached hydrogens (primary N) is 1. The Hall–Kier alpha value is -3.52. The molecule has 2 aromatic carbocycles. The Labute approximate surface area is 182 Å². The van der Waals surface area contributed by atoms with Gasteiger partial charge in [-0.15, -0.1) is 0 Å². The van der Waals surface area contributed by atoms with Crippen LogP contribution in [0.25, 0.3) is 5.57 Å². The van der Waals surface area contributed by atoms with E-state index in [0.29, 0.717) is 35.8 Å². The average Bonchev–Trinajstić information content (AvgIpc) is 3.05. The van der Waals surface area contributed by atoms with Crippen molar-refractivity contribution in [2.75, 3.05) is 42.8 Å². The summed E-state index contributed by atoms with van der Waals surface area (Å²) >= 11 is 0. The monoisotopic (exact) mass is 424 g/mol. The molecule has 1 heterocycles. The van der Waals surface area contributed by atoms with E-state index in [9.17, 15) is 9.59 Å². The van der Waals surface area contributed by atoms with Crippen molar-refractivity contribution >= 4 is 34.4 Å². The van der Waals surface area contributed by atoms with E-state index in [1.165, 1.54) is 6.92 Å². The SMILES string of the molecule is COc1cc2c(cc1OC)C(=CC(C)Nc1ccc(N(CCN)C(C)=O)cc1)C(=O)N2. The van der Waals surface area contributed by atoms with E-state index in [0.717, 1.165) is 16.9 Å². The first-order chi connectivity index (χ1) is 14.9. The highest BCUT2D eigenvalue weighted by molar-refractivity contribution is 6.31. The number of carbonyl (C=O) groups excluding carboxylic acids is 2. The fourth-order valence-electron chi connectivity index (χ4n) is 3.57. The minimum atomic E-state index is -0.173. The quantitative estimate of drug-likeness (QED) is 0.563. The molecule has 0 fully saturated rings. The molecule has 0 radical (unpaired) electrons. The van der Waals surface area contributed by atoms with E-state index >= 15 is 0 Å². The summed E-state index contributed by atoms with van der Waals surface area (Å²) in [4.78, 5) is 26.0. The molecule has 31 heavy (non-hydrogen) atoms. The topological polar surface area (TPSA) is 106 Å². The van der Waals surface area contributed by atoms with Crippen LogP contribution < -0.4 is 30.7 Å². The molecule has 0 aromatic heterocycles. The standard InChI is InChI=1S/C23H28N4O4/c1-14(25-16-5-7-17(8-6-16)27(10-9-24)15(2)28)11-19-18-12-21(30-3)22(31-4)13-20(18)26-23(19)29/h5-8,11-14,25H,9-10,24H2,1-4H3,(H,26,29). The summed E-state index contributed by atoms with van der Waals surface area (Å²) in [6.07, 6.45) is 1.87. The van der Waals surface area contributed by atoms with Gasteiger partial charge < -0.3 is 30.7 Å². The third-order valence-corrected chi connectivity index (χ3v) is 5.03. The minimum Gasteiger partial charge on any atom is -0.493 e. The van der Waals surface area contributed by atoms with Crippen molar-refractivity contribution in [3.05, 3.63) is 48.0 Å². The zero-order valence-electron chi connectivity index (χ0n) is 18.2. The summed E-state index contributed by atoms with van der Waals surface area (Å²) < 4.78 is 10.7. The largest absolute Gasteiger partial charge is 0.493 e. The van der Waals surface area contributed by atoms with Gasteiger partial charge in [-0.3, -0.25) is 9.59 Å². The van der Waals surface area contributed by atoms with Gasteiger partial charge in [0.15, 0.2) is 11.5 Å². The summed E-state index contributed by atoms with van der Waals surface area (Å²) in [6, 6.07) is 11.0. The molecule has 8 nitrogen and oxygen atoms in total. The lowest BCUT2D eigenvalue weighted by Gasteiger charge is -2.21. The Morgan fingerprint density at radius 2 is 1.84 bits per heavy atom. The summed E-state index contributed by atoms with van der Waals surface area (Å²) in [5.74, 6) is 0.895. The minimum absolute atomic E-state index is 0.0535. The van der Waals surface area contributed by atoms with Gasteiger partial charge in [0.05, 0.1) is 19.9 Å². The van der Waals surface area contributed by atoms with Crippen LogP contribution in [0.5, 0.6) is 11.5 Å². The second-order valence-electron chi connectivity index (χ2n) is 7.23. The number of amides is 2. The van der Waals surface area contributed by atoms with E-state index < -0.39 is 0 Å². The molecule has 4 N–H and O–H groups in total. The van der Waals surface area contributed by atoms with E-state index in [1.54, 1.807) is 31.3 Å². The van der Waals surface area contributed by atoms with Gasteiger partial charge in [0.25, 0.3) is 5.91 Å². The van der Waals surface area contributed by atoms with Crippen LogP contribution in [-0.2, 0) is 9.59 Å². The lowest BCUT2D eigenvalue weighted by molar-refractivity contribution is -0.116. The molecule has 1 atom stereocenters. The maximum atomic E-state index is 12.5. The molecule has 1 aliphatic rings. The van der Waals surface area contributed by atoms with Crippen molar-refractivity contribution in [3.63, 3.8) is 0 Å². The number of nitrogens with one attached hydrogen (secondary N) is 2. The van der Waals surface area contributed by atoms with Crippen LogP contribution in [0.2, 0.25) is 0 Å². The predicted molar refractivity (Wildman–Crippen MR) is 123 cm³/mol. The Morgan fingerprint density at radius 3 is 2.42 bits per heavy atom. The molecule has 0 spiro atoms. The number of nitrogens with zero attached hydrogens (tertiary/aromatic N) is 1. The van der Waals surface area contributed by atoms with Gasteiger partial charge in [-0.2, -0.15) is 0 Å². The molecular weight excluding hydrogens is 396 g/mol. The first-order valence-corrected chi connectivity index (χ1v) is 10.0. The Bertz CT molecular complexity index is 1000. The van der Waals surface area contributed by atoms with E-state index in [2.05, 4.69) is 10.6 Å². The molecule has 1 aliphatic heterocycles. The molecule has 2 amide bonds. The predicted octanol–water partition coefficient (Wildman–Crippen LogP) is 2.85. The average molecular weight is 425 g/mol. The second kappa shape index (κ2) is 9.53. The highest BCUT2D eigenvalue weighted by Gasteiger charge is 2.27. The molecule has 8 heteroatoms. The van der Waals surface area contributed by atoms with Crippen molar-refractivity contribution in [2.45, 2.75) is 19.9 Å². The van der Waals surface area contributed by atoms with Gasteiger partial charge in [-0.25, -0.2) is 0 Å². The summed E-state index contributed by atoms with van der Waals surface area (Å²) in [6.45, 7) is 4.34. The van der Waals surface area contributed by atoms with Crippen LogP contribution in [0.4, 0.5) is 17.1 Å². The van der Waals surface area contributed by atoms with E-state index in [1.807, 2.05) is 37.3 Å². The number of hydrogen-bond donors (Lipinski definition) is 3. The van der Waals surface area contributed by atoms with Gasteiger partial charge in [0.2, 0.25) is 5.91 Å². The first-order valence-electron chi connectivity index (χ1n) is 10.0. The number of anilines is 3. The fraction of sp³-hybridized carbons (Fsp3) is 0.304. The lowest BCUT2D eigenvalue weighted by atomic mass is 10.0. The zero-order valence-corrected chi connectivity index (χ0v) is 18.2. The number of benzene rings is 2. The van der Waals surface area contributed by atoms with Gasteiger partial charge >= 0.3 is 0 Å². The highest BCUT2D eigenvalue weighted by Crippen LogP contribution is 2.40. The van der Waals surface area contributed by atoms with Gasteiger partial charge in [0.1, 0.15) is 0 Å². The van der Waals surface area contributed by atoms with Crippen molar-refractivity contribution in [1.82, 2.24) is 0 Å². The van der Waals surface area contributed by atoms with Gasteiger partial charge in [0, 0.05) is 54.6 Å². The Morgan fingerprint density at radius 1 is 1.19 bits per heavy atom. The molecule has 0 saturated carbocycles. The Kier molecular flexibility index (Phi) is 6.81. The van der Waals surface area contributed by atoms with Crippen LogP contribution in [0.3, 0.4) is 0 Å². The van der Waals surface area contributed by atoms with Crippen LogP contribution in [0, 0.1) is 0 Å². The highest BCUT2D eigenvalue weighted by atomic mass is 16.5. The third kappa shape index (κ3) is 4.80. The number of hydrogen-bond acceptors (Lipinski definition) is 6. The second-order valence-corrected chi connectivity index (χ2v) is 7.23. The summed E-state index contributed by atoms with van der Waals surface area (Å²) in [5.41, 5.74) is 9.29. The maximum Gasteiger partial charge on any atom is 0.256 e. The molecule has 164 valence electrons. The molecule has 3 rings (SSSR count). The zero-order chi connectivity index (χ0) is 22.5. The molecule has 0 saturated heterocycles. The third-order valence-electron chi connectivity index (χ3n) is 5.03. The van der Waals surface area contributed by atoms with Crippen LogP contribution in [0.15, 0.2) is 42.5 Å². The van der Waals surface area contributed by atoms with Crippen LogP contribution >= 0.6 is 0 Å². The normalized spacial score (nSPS) is 14.6. The smallest absolute Gasteiger partial charge is 0.256 e. The van der Waals surface area contributed by atoms with Crippen molar-refractivity contribution in [2.24, 2.45) is 5.73 Å². The number of methoxy groups -OCH3 is 2. The number of carbonyl (C=O) groups is 2. The summed E-state index contributed by atoms with van der Waals surface area (Å²) in [7, 11) is 3.12. The molecule has 0 aliphatic carbocycles. The van der Waals surface area contributed by atoms with E-state index in [4.69, 9.17) is 15.2 Å². The van der Waals surface area contributed by atoms with E-state index in [-0.39, 0.29) is 17.9 Å². The molecule has 2 aromatic rings. The number of rotatable bonds is 8.